The summed E-state index contributed by atoms with van der Waals surface area (Å²) in [6.45, 7) is -0.168. The number of rotatable bonds is 5. The van der Waals surface area contributed by atoms with Gasteiger partial charge in [-0.15, -0.1) is 0 Å². The van der Waals surface area contributed by atoms with Crippen LogP contribution < -0.4 is 10.2 Å². The normalized spacial score (nSPS) is 16.4. The van der Waals surface area contributed by atoms with Gasteiger partial charge in [-0.25, -0.2) is 0 Å². The summed E-state index contributed by atoms with van der Waals surface area (Å²) in [6, 6.07) is 15.8. The lowest BCUT2D eigenvalue weighted by Gasteiger charge is -2.16. The summed E-state index contributed by atoms with van der Waals surface area (Å²) in [7, 11) is 0. The first kappa shape index (κ1) is 17.9. The summed E-state index contributed by atoms with van der Waals surface area (Å²) in [4.78, 5) is 37.7. The average molecular weight is 373 g/mol. The van der Waals surface area contributed by atoms with E-state index in [1.54, 1.807) is 29.2 Å². The largest absolute Gasteiger partial charge is 0.455 e. The number of nitrogens with zero attached hydrogens (tertiary/aromatic N) is 1. The van der Waals surface area contributed by atoms with Gasteiger partial charge in [0.05, 0.1) is 5.92 Å². The molecule has 2 aromatic rings. The number of para-hydroxylation sites is 1. The summed E-state index contributed by atoms with van der Waals surface area (Å²) in [5.41, 5.74) is 1.26. The Morgan fingerprint density at radius 1 is 1.15 bits per heavy atom. The number of amides is 2. The maximum Gasteiger partial charge on any atom is 0.311 e. The summed E-state index contributed by atoms with van der Waals surface area (Å²) in [5.74, 6) is -1.74. The van der Waals surface area contributed by atoms with Gasteiger partial charge >= 0.3 is 5.97 Å². The first-order valence-electron chi connectivity index (χ1n) is 8.10. The van der Waals surface area contributed by atoms with Crippen LogP contribution in [-0.2, 0) is 19.1 Å². The van der Waals surface area contributed by atoms with Crippen LogP contribution in [0, 0.1) is 5.92 Å². The van der Waals surface area contributed by atoms with Gasteiger partial charge in [-0.1, -0.05) is 35.9 Å². The molecular formula is C19H17ClN2O4. The van der Waals surface area contributed by atoms with E-state index >= 15 is 0 Å². The van der Waals surface area contributed by atoms with Gasteiger partial charge in [0.1, 0.15) is 0 Å². The molecular weight excluding hydrogens is 356 g/mol. The van der Waals surface area contributed by atoms with Crippen LogP contribution in [0.25, 0.3) is 0 Å². The molecule has 1 fully saturated rings. The lowest BCUT2D eigenvalue weighted by atomic mass is 10.1. The molecule has 6 nitrogen and oxygen atoms in total. The number of carbonyl (C=O) groups excluding carboxylic acids is 3. The van der Waals surface area contributed by atoms with Crippen LogP contribution in [0.1, 0.15) is 6.42 Å². The summed E-state index contributed by atoms with van der Waals surface area (Å²) in [6.07, 6.45) is 0.0731. The minimum atomic E-state index is -0.582. The molecule has 2 amide bonds. The number of ether oxygens (including phenoxy) is 1. The molecule has 0 unspecified atom stereocenters. The van der Waals surface area contributed by atoms with E-state index in [-0.39, 0.29) is 18.9 Å². The molecule has 1 saturated heterocycles. The molecule has 1 aliphatic rings. The monoisotopic (exact) mass is 372 g/mol. The molecule has 1 aliphatic heterocycles. The highest BCUT2D eigenvalue weighted by Crippen LogP contribution is 2.25. The molecule has 0 aliphatic carbocycles. The molecule has 0 saturated carbocycles. The zero-order valence-corrected chi connectivity index (χ0v) is 14.6. The van der Waals surface area contributed by atoms with Crippen LogP contribution in [0.5, 0.6) is 0 Å². The molecule has 2 aromatic carbocycles. The van der Waals surface area contributed by atoms with Crippen molar-refractivity contribution >= 4 is 40.8 Å². The van der Waals surface area contributed by atoms with Gasteiger partial charge in [-0.05, 0) is 30.3 Å². The summed E-state index contributed by atoms with van der Waals surface area (Å²) in [5, 5.41) is 3.09. The van der Waals surface area contributed by atoms with Crippen LogP contribution in [-0.4, -0.2) is 30.9 Å². The first-order chi connectivity index (χ1) is 12.5. The minimum absolute atomic E-state index is 0.0731. The minimum Gasteiger partial charge on any atom is -0.455 e. The third kappa shape index (κ3) is 4.40. The van der Waals surface area contributed by atoms with E-state index in [9.17, 15) is 14.4 Å². The van der Waals surface area contributed by atoms with Crippen molar-refractivity contribution in [1.82, 2.24) is 0 Å². The molecule has 7 heteroatoms. The number of benzene rings is 2. The van der Waals surface area contributed by atoms with E-state index in [1.807, 2.05) is 30.3 Å². The second kappa shape index (κ2) is 8.01. The number of hydrogen-bond acceptors (Lipinski definition) is 4. The number of esters is 1. The number of carbonyl (C=O) groups is 3. The lowest BCUT2D eigenvalue weighted by molar-refractivity contribution is -0.151. The van der Waals surface area contributed by atoms with Crippen LogP contribution in [0.15, 0.2) is 54.6 Å². The topological polar surface area (TPSA) is 75.7 Å². The van der Waals surface area contributed by atoms with Crippen molar-refractivity contribution in [2.75, 3.05) is 23.4 Å². The molecule has 1 heterocycles. The molecule has 0 aromatic heterocycles. The third-order valence-corrected chi connectivity index (χ3v) is 4.22. The SMILES string of the molecule is O=C(COC(=O)[C@H]1CC(=O)N(c2ccccc2)C1)Nc1cccc(Cl)c1. The van der Waals surface area contributed by atoms with Crippen molar-refractivity contribution in [3.8, 4) is 0 Å². The van der Waals surface area contributed by atoms with Crippen molar-refractivity contribution in [3.05, 3.63) is 59.6 Å². The molecule has 3 rings (SSSR count). The average Bonchev–Trinajstić information content (AvgIpc) is 3.02. The van der Waals surface area contributed by atoms with Crippen LogP contribution in [0.3, 0.4) is 0 Å². The number of nitrogens with one attached hydrogen (secondary N) is 1. The Labute approximate surface area is 155 Å². The number of anilines is 2. The van der Waals surface area contributed by atoms with E-state index in [1.165, 1.54) is 0 Å². The van der Waals surface area contributed by atoms with Crippen molar-refractivity contribution < 1.29 is 19.1 Å². The molecule has 0 spiro atoms. The molecule has 1 atom stereocenters. The van der Waals surface area contributed by atoms with Gasteiger partial charge in [-0.2, -0.15) is 0 Å². The zero-order chi connectivity index (χ0) is 18.5. The van der Waals surface area contributed by atoms with Gasteiger partial charge in [0, 0.05) is 29.4 Å². The van der Waals surface area contributed by atoms with Crippen molar-refractivity contribution in [2.24, 2.45) is 5.92 Å². The van der Waals surface area contributed by atoms with Crippen LogP contribution in [0.4, 0.5) is 11.4 Å². The molecule has 0 radical (unpaired) electrons. The van der Waals surface area contributed by atoms with Gasteiger partial charge < -0.3 is 15.0 Å². The van der Waals surface area contributed by atoms with Gasteiger partial charge in [0.2, 0.25) is 5.91 Å². The van der Waals surface area contributed by atoms with Crippen molar-refractivity contribution in [3.63, 3.8) is 0 Å². The second-order valence-electron chi connectivity index (χ2n) is 5.91. The zero-order valence-electron chi connectivity index (χ0n) is 13.9. The van der Waals surface area contributed by atoms with E-state index in [2.05, 4.69) is 5.32 Å². The Morgan fingerprint density at radius 3 is 2.65 bits per heavy atom. The maximum atomic E-state index is 12.2. The Kier molecular flexibility index (Phi) is 5.53. The highest BCUT2D eigenvalue weighted by atomic mass is 35.5. The summed E-state index contributed by atoms with van der Waals surface area (Å²) >= 11 is 5.85. The van der Waals surface area contributed by atoms with Crippen molar-refractivity contribution in [2.45, 2.75) is 6.42 Å². The highest BCUT2D eigenvalue weighted by molar-refractivity contribution is 6.30. The van der Waals surface area contributed by atoms with Crippen molar-refractivity contribution in [1.29, 1.82) is 0 Å². The Balaban J connectivity index is 1.51. The number of hydrogen-bond donors (Lipinski definition) is 1. The predicted octanol–water partition coefficient (Wildman–Crippen LogP) is 2.87. The van der Waals surface area contributed by atoms with E-state index < -0.39 is 24.4 Å². The van der Waals surface area contributed by atoms with Gasteiger partial charge in [0.15, 0.2) is 6.61 Å². The fraction of sp³-hybridized carbons (Fsp3) is 0.211. The standard InChI is InChI=1S/C19H17ClN2O4/c20-14-5-4-6-15(10-14)21-17(23)12-26-19(25)13-9-18(24)22(11-13)16-7-2-1-3-8-16/h1-8,10,13H,9,11-12H2,(H,21,23)/t13-/m0/s1. The van der Waals surface area contributed by atoms with E-state index in [0.29, 0.717) is 10.7 Å². The molecule has 26 heavy (non-hydrogen) atoms. The van der Waals surface area contributed by atoms with Gasteiger partial charge in [-0.3, -0.25) is 14.4 Å². The third-order valence-electron chi connectivity index (χ3n) is 3.98. The smallest absolute Gasteiger partial charge is 0.311 e. The van der Waals surface area contributed by atoms with Crippen LogP contribution in [0.2, 0.25) is 5.02 Å². The van der Waals surface area contributed by atoms with Crippen LogP contribution >= 0.6 is 11.6 Å². The molecule has 0 bridgehead atoms. The highest BCUT2D eigenvalue weighted by Gasteiger charge is 2.36. The molecule has 134 valence electrons. The maximum absolute atomic E-state index is 12.2. The Morgan fingerprint density at radius 2 is 1.92 bits per heavy atom. The van der Waals surface area contributed by atoms with E-state index in [4.69, 9.17) is 16.3 Å². The fourth-order valence-corrected chi connectivity index (χ4v) is 2.93. The quantitative estimate of drug-likeness (QED) is 0.819. The van der Waals surface area contributed by atoms with E-state index in [0.717, 1.165) is 5.69 Å². The Hall–Kier alpha value is -2.86. The lowest BCUT2D eigenvalue weighted by Crippen LogP contribution is -2.28. The first-order valence-corrected chi connectivity index (χ1v) is 8.48. The summed E-state index contributed by atoms with van der Waals surface area (Å²) < 4.78 is 5.06. The van der Waals surface area contributed by atoms with Gasteiger partial charge in [0.25, 0.3) is 5.91 Å². The number of halogens is 1. The fourth-order valence-electron chi connectivity index (χ4n) is 2.74. The predicted molar refractivity (Wildman–Crippen MR) is 97.9 cm³/mol. The Bertz CT molecular complexity index is 825. The molecule has 1 N–H and O–H groups in total. The second-order valence-corrected chi connectivity index (χ2v) is 6.34.